The van der Waals surface area contributed by atoms with Crippen LogP contribution in [0.25, 0.3) is 0 Å². The largest absolute Gasteiger partial charge is 0.493 e. The first kappa shape index (κ1) is 16.3. The van der Waals surface area contributed by atoms with Crippen LogP contribution in [0.2, 0.25) is 0 Å². The third-order valence-corrected chi connectivity index (χ3v) is 2.88. The molecule has 0 spiro atoms. The van der Waals surface area contributed by atoms with Crippen LogP contribution in [0.15, 0.2) is 42.7 Å². The molecule has 0 bridgehead atoms. The lowest BCUT2D eigenvalue weighted by molar-refractivity contribution is 0.350. The Labute approximate surface area is 125 Å². The molecule has 2 aromatic rings. The summed E-state index contributed by atoms with van der Waals surface area (Å²) in [6.07, 6.45) is 3.59. The highest BCUT2D eigenvalue weighted by Gasteiger charge is 2.08. The summed E-state index contributed by atoms with van der Waals surface area (Å²) in [5.74, 6) is 1.54. The van der Waals surface area contributed by atoms with Gasteiger partial charge in [-0.15, -0.1) is 12.4 Å². The van der Waals surface area contributed by atoms with Gasteiger partial charge < -0.3 is 14.8 Å². The average molecular weight is 295 g/mol. The van der Waals surface area contributed by atoms with Gasteiger partial charge in [-0.05, 0) is 23.8 Å². The summed E-state index contributed by atoms with van der Waals surface area (Å²) in [4.78, 5) is 4.00. The second-order valence-electron chi connectivity index (χ2n) is 4.11. The van der Waals surface area contributed by atoms with E-state index in [1.54, 1.807) is 26.6 Å². The van der Waals surface area contributed by atoms with Crippen molar-refractivity contribution in [2.75, 3.05) is 14.2 Å². The number of ether oxygens (including phenoxy) is 2. The summed E-state index contributed by atoms with van der Waals surface area (Å²) >= 11 is 0. The van der Waals surface area contributed by atoms with Crippen LogP contribution in [0.1, 0.15) is 11.1 Å². The minimum atomic E-state index is 0. The molecule has 0 fully saturated rings. The maximum absolute atomic E-state index is 5.40. The van der Waals surface area contributed by atoms with Gasteiger partial charge in [0.05, 0.1) is 14.2 Å². The van der Waals surface area contributed by atoms with Crippen LogP contribution in [0.5, 0.6) is 11.5 Å². The first-order chi connectivity index (χ1) is 9.35. The van der Waals surface area contributed by atoms with Crippen molar-refractivity contribution >= 4 is 12.4 Å². The fraction of sp³-hybridized carbons (Fsp3) is 0.267. The zero-order valence-corrected chi connectivity index (χ0v) is 12.4. The van der Waals surface area contributed by atoms with Crippen molar-refractivity contribution in [3.05, 3.63) is 53.9 Å². The van der Waals surface area contributed by atoms with Crippen LogP contribution in [0.3, 0.4) is 0 Å². The number of halogens is 1. The van der Waals surface area contributed by atoms with Crippen molar-refractivity contribution in [3.8, 4) is 11.5 Å². The molecule has 0 aliphatic carbocycles. The second-order valence-corrected chi connectivity index (χ2v) is 4.11. The normalized spacial score (nSPS) is 9.70. The van der Waals surface area contributed by atoms with E-state index in [0.717, 1.165) is 30.2 Å². The van der Waals surface area contributed by atoms with E-state index in [4.69, 9.17) is 9.47 Å². The van der Waals surface area contributed by atoms with E-state index in [2.05, 4.69) is 10.3 Å². The number of para-hydroxylation sites is 1. The molecule has 0 amide bonds. The Hall–Kier alpha value is -1.78. The number of nitrogens with zero attached hydrogens (tertiary/aromatic N) is 1. The molecule has 1 N–H and O–H groups in total. The summed E-state index contributed by atoms with van der Waals surface area (Å²) in [7, 11) is 3.30. The van der Waals surface area contributed by atoms with Crippen LogP contribution in [-0.4, -0.2) is 19.2 Å². The lowest BCUT2D eigenvalue weighted by Crippen LogP contribution is -2.13. The molecule has 5 heteroatoms. The Balaban J connectivity index is 0.00000200. The summed E-state index contributed by atoms with van der Waals surface area (Å²) in [5, 5.41) is 3.38. The van der Waals surface area contributed by atoms with Gasteiger partial charge in [0.2, 0.25) is 0 Å². The SMILES string of the molecule is COc1cccc(CNCc2ccncc2)c1OC.Cl. The van der Waals surface area contributed by atoms with Gasteiger partial charge >= 0.3 is 0 Å². The zero-order chi connectivity index (χ0) is 13.5. The lowest BCUT2D eigenvalue weighted by Gasteiger charge is -2.13. The molecule has 0 radical (unpaired) electrons. The number of pyridine rings is 1. The first-order valence-electron chi connectivity index (χ1n) is 6.14. The van der Waals surface area contributed by atoms with E-state index in [0.29, 0.717) is 0 Å². The molecule has 1 aromatic carbocycles. The Bertz CT molecular complexity index is 521. The number of hydrogen-bond donors (Lipinski definition) is 1. The second kappa shape index (κ2) is 8.40. The van der Waals surface area contributed by atoms with Crippen molar-refractivity contribution in [2.45, 2.75) is 13.1 Å². The highest BCUT2D eigenvalue weighted by molar-refractivity contribution is 5.85. The molecule has 108 valence electrons. The van der Waals surface area contributed by atoms with Gasteiger partial charge in [-0.2, -0.15) is 0 Å². The number of hydrogen-bond acceptors (Lipinski definition) is 4. The summed E-state index contributed by atoms with van der Waals surface area (Å²) in [6.45, 7) is 1.52. The van der Waals surface area contributed by atoms with Crippen molar-refractivity contribution in [1.82, 2.24) is 10.3 Å². The van der Waals surface area contributed by atoms with Crippen LogP contribution in [0, 0.1) is 0 Å². The molecule has 20 heavy (non-hydrogen) atoms. The predicted molar refractivity (Wildman–Crippen MR) is 81.6 cm³/mol. The standard InChI is InChI=1S/C15H18N2O2.ClH/c1-18-14-5-3-4-13(15(14)19-2)11-17-10-12-6-8-16-9-7-12;/h3-9,17H,10-11H2,1-2H3;1H. The van der Waals surface area contributed by atoms with E-state index in [-0.39, 0.29) is 12.4 Å². The highest BCUT2D eigenvalue weighted by atomic mass is 35.5. The predicted octanol–water partition coefficient (Wildman–Crippen LogP) is 2.81. The van der Waals surface area contributed by atoms with Gasteiger partial charge in [0.25, 0.3) is 0 Å². The minimum Gasteiger partial charge on any atom is -0.493 e. The maximum Gasteiger partial charge on any atom is 0.165 e. The molecule has 0 aliphatic rings. The lowest BCUT2D eigenvalue weighted by atomic mass is 10.1. The number of nitrogens with one attached hydrogen (secondary N) is 1. The van der Waals surface area contributed by atoms with Crippen LogP contribution < -0.4 is 14.8 Å². The fourth-order valence-corrected chi connectivity index (χ4v) is 1.94. The average Bonchev–Trinajstić information content (AvgIpc) is 2.48. The van der Waals surface area contributed by atoms with Crippen molar-refractivity contribution in [3.63, 3.8) is 0 Å². The van der Waals surface area contributed by atoms with Crippen molar-refractivity contribution < 1.29 is 9.47 Å². The zero-order valence-electron chi connectivity index (χ0n) is 11.6. The number of methoxy groups -OCH3 is 2. The first-order valence-corrected chi connectivity index (χ1v) is 6.14. The van der Waals surface area contributed by atoms with Gasteiger partial charge in [-0.3, -0.25) is 4.98 Å². The Morgan fingerprint density at radius 3 is 2.40 bits per heavy atom. The summed E-state index contributed by atoms with van der Waals surface area (Å²) < 4.78 is 10.7. The van der Waals surface area contributed by atoms with E-state index >= 15 is 0 Å². The summed E-state index contributed by atoms with van der Waals surface area (Å²) in [6, 6.07) is 9.88. The third-order valence-electron chi connectivity index (χ3n) is 2.88. The number of rotatable bonds is 6. The van der Waals surface area contributed by atoms with E-state index in [1.807, 2.05) is 30.3 Å². The monoisotopic (exact) mass is 294 g/mol. The molecule has 0 atom stereocenters. The molecule has 1 heterocycles. The molecule has 1 aromatic heterocycles. The minimum absolute atomic E-state index is 0. The Morgan fingerprint density at radius 2 is 1.75 bits per heavy atom. The van der Waals surface area contributed by atoms with Gasteiger partial charge in [-0.1, -0.05) is 12.1 Å². The molecular weight excluding hydrogens is 276 g/mol. The van der Waals surface area contributed by atoms with Crippen LogP contribution in [-0.2, 0) is 13.1 Å². The van der Waals surface area contributed by atoms with Crippen molar-refractivity contribution in [2.24, 2.45) is 0 Å². The van der Waals surface area contributed by atoms with Crippen LogP contribution in [0.4, 0.5) is 0 Å². The Morgan fingerprint density at radius 1 is 1.00 bits per heavy atom. The smallest absolute Gasteiger partial charge is 0.165 e. The Kier molecular flexibility index (Phi) is 6.84. The van der Waals surface area contributed by atoms with E-state index < -0.39 is 0 Å². The molecule has 0 unspecified atom stereocenters. The van der Waals surface area contributed by atoms with Crippen LogP contribution >= 0.6 is 12.4 Å². The highest BCUT2D eigenvalue weighted by Crippen LogP contribution is 2.30. The number of aromatic nitrogens is 1. The van der Waals surface area contributed by atoms with Gasteiger partial charge in [-0.25, -0.2) is 0 Å². The quantitative estimate of drug-likeness (QED) is 0.890. The molecule has 4 nitrogen and oxygen atoms in total. The van der Waals surface area contributed by atoms with Gasteiger partial charge in [0.1, 0.15) is 0 Å². The molecular formula is C15H19ClN2O2. The molecule has 0 aliphatic heterocycles. The van der Waals surface area contributed by atoms with Crippen molar-refractivity contribution in [1.29, 1.82) is 0 Å². The van der Waals surface area contributed by atoms with Gasteiger partial charge in [0, 0.05) is 31.0 Å². The van der Waals surface area contributed by atoms with E-state index in [9.17, 15) is 0 Å². The molecule has 2 rings (SSSR count). The van der Waals surface area contributed by atoms with E-state index in [1.165, 1.54) is 5.56 Å². The maximum atomic E-state index is 5.40. The summed E-state index contributed by atoms with van der Waals surface area (Å²) in [5.41, 5.74) is 2.28. The topological polar surface area (TPSA) is 43.4 Å². The molecule has 0 saturated carbocycles. The molecule has 0 saturated heterocycles. The number of benzene rings is 1. The fourth-order valence-electron chi connectivity index (χ4n) is 1.94. The third kappa shape index (κ3) is 4.11. The van der Waals surface area contributed by atoms with Gasteiger partial charge in [0.15, 0.2) is 11.5 Å².